The highest BCUT2D eigenvalue weighted by Crippen LogP contribution is 2.23. The number of likely N-dealkylation sites (tertiary alicyclic amines) is 1. The van der Waals surface area contributed by atoms with E-state index >= 15 is 0 Å². The Hall–Kier alpha value is -2.62. The number of carboxylic acids is 1. The Balaban J connectivity index is 1.78. The summed E-state index contributed by atoms with van der Waals surface area (Å²) in [6.07, 6.45) is 0.531. The first-order chi connectivity index (χ1) is 10.2. The highest BCUT2D eigenvalue weighted by molar-refractivity contribution is 5.98. The minimum absolute atomic E-state index is 0.215. The summed E-state index contributed by atoms with van der Waals surface area (Å²) in [5.41, 5.74) is 2.65. The molecular formula is C17H15NO3. The molecule has 1 heterocycles. The number of aliphatic carboxylic acids is 1. The molecule has 1 N–H and O–H groups in total. The molecule has 1 saturated heterocycles. The quantitative estimate of drug-likeness (QED) is 0.941. The van der Waals surface area contributed by atoms with Crippen LogP contribution in [0.5, 0.6) is 0 Å². The molecule has 2 aromatic carbocycles. The minimum atomic E-state index is -0.935. The van der Waals surface area contributed by atoms with Gasteiger partial charge in [0.05, 0.1) is 0 Å². The van der Waals surface area contributed by atoms with Crippen molar-refractivity contribution in [3.63, 3.8) is 0 Å². The molecule has 1 fully saturated rings. The van der Waals surface area contributed by atoms with E-state index in [2.05, 4.69) is 0 Å². The van der Waals surface area contributed by atoms with Crippen LogP contribution >= 0.6 is 0 Å². The van der Waals surface area contributed by atoms with Gasteiger partial charge in [-0.25, -0.2) is 4.79 Å². The Morgan fingerprint density at radius 2 is 1.57 bits per heavy atom. The van der Waals surface area contributed by atoms with E-state index in [-0.39, 0.29) is 5.91 Å². The van der Waals surface area contributed by atoms with Crippen molar-refractivity contribution >= 4 is 11.9 Å². The van der Waals surface area contributed by atoms with Crippen LogP contribution in [0.15, 0.2) is 54.6 Å². The summed E-state index contributed by atoms with van der Waals surface area (Å²) in [5, 5.41) is 9.00. The van der Waals surface area contributed by atoms with Gasteiger partial charge >= 0.3 is 5.97 Å². The Labute approximate surface area is 122 Å². The lowest BCUT2D eigenvalue weighted by atomic mass is 9.99. The molecule has 0 aromatic heterocycles. The zero-order valence-corrected chi connectivity index (χ0v) is 11.4. The molecule has 21 heavy (non-hydrogen) atoms. The number of benzene rings is 2. The van der Waals surface area contributed by atoms with E-state index in [4.69, 9.17) is 5.11 Å². The maximum absolute atomic E-state index is 12.3. The molecule has 0 bridgehead atoms. The molecule has 2 aromatic rings. The maximum atomic E-state index is 12.3. The van der Waals surface area contributed by atoms with E-state index in [1.807, 2.05) is 42.5 Å². The predicted molar refractivity (Wildman–Crippen MR) is 79.0 cm³/mol. The van der Waals surface area contributed by atoms with Crippen LogP contribution < -0.4 is 0 Å². The van der Waals surface area contributed by atoms with Gasteiger partial charge in [-0.05, 0) is 29.7 Å². The summed E-state index contributed by atoms with van der Waals surface area (Å²) in [5.74, 6) is -1.15. The van der Waals surface area contributed by atoms with Crippen LogP contribution in [0.4, 0.5) is 0 Å². The lowest BCUT2D eigenvalue weighted by Crippen LogP contribution is -2.55. The summed E-state index contributed by atoms with van der Waals surface area (Å²) in [7, 11) is 0. The van der Waals surface area contributed by atoms with Gasteiger partial charge in [-0.2, -0.15) is 0 Å². The van der Waals surface area contributed by atoms with E-state index in [0.717, 1.165) is 11.1 Å². The van der Waals surface area contributed by atoms with E-state index < -0.39 is 12.0 Å². The first-order valence-electron chi connectivity index (χ1n) is 6.86. The first kappa shape index (κ1) is 13.4. The van der Waals surface area contributed by atoms with Gasteiger partial charge < -0.3 is 10.0 Å². The number of nitrogens with zero attached hydrogens (tertiary/aromatic N) is 1. The Morgan fingerprint density at radius 1 is 0.952 bits per heavy atom. The molecule has 4 heteroatoms. The molecule has 1 amide bonds. The van der Waals surface area contributed by atoms with Crippen molar-refractivity contribution in [1.82, 2.24) is 4.90 Å². The summed E-state index contributed by atoms with van der Waals surface area (Å²) in [4.78, 5) is 24.6. The number of amides is 1. The van der Waals surface area contributed by atoms with Crippen LogP contribution in [0, 0.1) is 0 Å². The largest absolute Gasteiger partial charge is 0.480 e. The Bertz CT molecular complexity index is 664. The molecule has 0 saturated carbocycles. The van der Waals surface area contributed by atoms with Gasteiger partial charge in [-0.1, -0.05) is 42.5 Å². The molecule has 0 spiro atoms. The number of rotatable bonds is 3. The van der Waals surface area contributed by atoms with Gasteiger partial charge in [-0.15, -0.1) is 0 Å². The second-order valence-corrected chi connectivity index (χ2v) is 5.08. The third-order valence-corrected chi connectivity index (χ3v) is 3.80. The minimum Gasteiger partial charge on any atom is -0.480 e. The molecule has 0 aliphatic carbocycles. The molecule has 106 valence electrons. The van der Waals surface area contributed by atoms with Gasteiger partial charge in [0.1, 0.15) is 6.04 Å². The van der Waals surface area contributed by atoms with Crippen LogP contribution in [0.3, 0.4) is 0 Å². The van der Waals surface area contributed by atoms with E-state index in [1.165, 1.54) is 4.90 Å². The van der Waals surface area contributed by atoms with Gasteiger partial charge in [0.2, 0.25) is 0 Å². The molecule has 0 radical (unpaired) electrons. The summed E-state index contributed by atoms with van der Waals surface area (Å²) in [6.45, 7) is 0.510. The average molecular weight is 281 g/mol. The first-order valence-corrected chi connectivity index (χ1v) is 6.86. The Morgan fingerprint density at radius 3 is 2.10 bits per heavy atom. The Kier molecular flexibility index (Phi) is 3.44. The molecule has 4 nitrogen and oxygen atoms in total. The summed E-state index contributed by atoms with van der Waals surface area (Å²) in [6, 6.07) is 16.5. The molecular weight excluding hydrogens is 266 g/mol. The number of hydrogen-bond acceptors (Lipinski definition) is 2. The number of carboxylic acid groups (broad SMARTS) is 1. The van der Waals surface area contributed by atoms with Crippen LogP contribution in [-0.2, 0) is 4.79 Å². The van der Waals surface area contributed by atoms with Crippen molar-refractivity contribution < 1.29 is 14.7 Å². The molecule has 0 unspecified atom stereocenters. The normalized spacial score (nSPS) is 17.1. The molecule has 1 aliphatic heterocycles. The zero-order chi connectivity index (χ0) is 14.8. The van der Waals surface area contributed by atoms with Crippen molar-refractivity contribution in [2.75, 3.05) is 6.54 Å². The fourth-order valence-electron chi connectivity index (χ4n) is 2.49. The highest BCUT2D eigenvalue weighted by atomic mass is 16.4. The van der Waals surface area contributed by atoms with Crippen molar-refractivity contribution in [1.29, 1.82) is 0 Å². The van der Waals surface area contributed by atoms with E-state index in [0.29, 0.717) is 18.5 Å². The topological polar surface area (TPSA) is 57.6 Å². The van der Waals surface area contributed by atoms with E-state index in [1.54, 1.807) is 12.1 Å². The predicted octanol–water partition coefficient (Wildman–Crippen LogP) is 2.65. The summed E-state index contributed by atoms with van der Waals surface area (Å²) < 4.78 is 0. The van der Waals surface area contributed by atoms with Crippen LogP contribution in [0.1, 0.15) is 16.8 Å². The fraction of sp³-hybridized carbons (Fsp3) is 0.176. The van der Waals surface area contributed by atoms with Crippen molar-refractivity contribution in [2.24, 2.45) is 0 Å². The average Bonchev–Trinajstić information content (AvgIpc) is 2.46. The van der Waals surface area contributed by atoms with Crippen molar-refractivity contribution in [2.45, 2.75) is 12.5 Å². The second-order valence-electron chi connectivity index (χ2n) is 5.08. The van der Waals surface area contributed by atoms with Gasteiger partial charge in [0.25, 0.3) is 5.91 Å². The monoisotopic (exact) mass is 281 g/mol. The third kappa shape index (κ3) is 2.52. The maximum Gasteiger partial charge on any atom is 0.326 e. The second kappa shape index (κ2) is 5.40. The number of carbonyl (C=O) groups is 2. The standard InChI is InChI=1S/C17H15NO3/c19-16(18-11-10-15(18)17(20)21)14-8-6-13(7-9-14)12-4-2-1-3-5-12/h1-9,15H,10-11H2,(H,20,21)/t15-/m0/s1. The third-order valence-electron chi connectivity index (χ3n) is 3.80. The number of hydrogen-bond donors (Lipinski definition) is 1. The SMILES string of the molecule is O=C(O)[C@@H]1CCN1C(=O)c1ccc(-c2ccccc2)cc1. The zero-order valence-electron chi connectivity index (χ0n) is 11.4. The van der Waals surface area contributed by atoms with Gasteiger partial charge in [0.15, 0.2) is 0 Å². The molecule has 1 aliphatic rings. The lowest BCUT2D eigenvalue weighted by molar-refractivity contribution is -0.146. The van der Waals surface area contributed by atoms with Gasteiger partial charge in [0, 0.05) is 12.1 Å². The van der Waals surface area contributed by atoms with Crippen LogP contribution in [-0.4, -0.2) is 34.5 Å². The molecule has 3 rings (SSSR count). The molecule has 1 atom stereocenters. The lowest BCUT2D eigenvalue weighted by Gasteiger charge is -2.37. The fourth-order valence-corrected chi connectivity index (χ4v) is 2.49. The van der Waals surface area contributed by atoms with Crippen LogP contribution in [0.2, 0.25) is 0 Å². The summed E-state index contributed by atoms with van der Waals surface area (Å²) >= 11 is 0. The van der Waals surface area contributed by atoms with Crippen molar-refractivity contribution in [3.8, 4) is 11.1 Å². The van der Waals surface area contributed by atoms with E-state index in [9.17, 15) is 9.59 Å². The number of carbonyl (C=O) groups excluding carboxylic acids is 1. The van der Waals surface area contributed by atoms with Crippen molar-refractivity contribution in [3.05, 3.63) is 60.2 Å². The highest BCUT2D eigenvalue weighted by Gasteiger charge is 2.37. The van der Waals surface area contributed by atoms with Crippen LogP contribution in [0.25, 0.3) is 11.1 Å². The smallest absolute Gasteiger partial charge is 0.326 e. The van der Waals surface area contributed by atoms with Gasteiger partial charge in [-0.3, -0.25) is 4.79 Å².